The Morgan fingerprint density at radius 3 is 2.39 bits per heavy atom. The summed E-state index contributed by atoms with van der Waals surface area (Å²) in [6, 6.07) is 26.1. The number of carboxylic acid groups (broad SMARTS) is 1. The first-order chi connectivity index (χ1) is 18.6. The Balaban J connectivity index is 1.41. The topological polar surface area (TPSA) is 110 Å². The second-order valence-electron chi connectivity index (χ2n) is 8.53. The molecule has 0 spiro atoms. The van der Waals surface area contributed by atoms with Gasteiger partial charge in [0.05, 0.1) is 16.9 Å². The van der Waals surface area contributed by atoms with Crippen molar-refractivity contribution < 1.29 is 9.90 Å². The lowest BCUT2D eigenvalue weighted by atomic mass is 9.98. The summed E-state index contributed by atoms with van der Waals surface area (Å²) in [6.45, 7) is 2.58. The molecule has 2 N–H and O–H groups in total. The van der Waals surface area contributed by atoms with E-state index in [0.29, 0.717) is 22.8 Å². The number of carboxylic acids is 1. The van der Waals surface area contributed by atoms with Gasteiger partial charge in [-0.3, -0.25) is 0 Å². The Labute approximate surface area is 226 Å². The fraction of sp³-hybridized carbons (Fsp3) is 0.107. The van der Waals surface area contributed by atoms with Gasteiger partial charge in [0.25, 0.3) is 0 Å². The standard InChI is InChI=1S/C28H22N6O2S2/c1-2-37-28-29-22-23(25(27(35)36)38-24(22)19-8-4-3-5-9-19)34(28)16-17-12-14-18(15-13-17)20-10-6-7-11-21(20)26-30-32-33-31-26/h3-15H,2,16H2,1H3,(H,35,36)(H,30,31,32,33). The SMILES string of the molecule is CCSc1nc2c(-c3ccccc3)sc(C(=O)O)c2n1Cc1ccc(-c2ccccc2-c2nnn[nH]2)cc1. The average molecular weight is 539 g/mol. The van der Waals surface area contributed by atoms with Gasteiger partial charge in [-0.2, -0.15) is 0 Å². The maximum atomic E-state index is 12.3. The lowest BCUT2D eigenvalue weighted by Crippen LogP contribution is -2.04. The van der Waals surface area contributed by atoms with Gasteiger partial charge in [-0.1, -0.05) is 97.5 Å². The zero-order chi connectivity index (χ0) is 26.1. The van der Waals surface area contributed by atoms with E-state index in [2.05, 4.69) is 51.8 Å². The van der Waals surface area contributed by atoms with E-state index in [0.717, 1.165) is 49.1 Å². The molecule has 6 aromatic rings. The van der Waals surface area contributed by atoms with Crippen LogP contribution in [0.5, 0.6) is 0 Å². The fourth-order valence-corrected chi connectivity index (χ4v) is 6.34. The Morgan fingerprint density at radius 2 is 1.71 bits per heavy atom. The molecule has 0 aliphatic rings. The van der Waals surface area contributed by atoms with Crippen LogP contribution in [0.3, 0.4) is 0 Å². The highest BCUT2D eigenvalue weighted by atomic mass is 32.2. The van der Waals surface area contributed by atoms with Crippen molar-refractivity contribution in [3.05, 3.63) is 89.3 Å². The summed E-state index contributed by atoms with van der Waals surface area (Å²) in [6.07, 6.45) is 0. The number of carbonyl (C=O) groups is 1. The van der Waals surface area contributed by atoms with Crippen LogP contribution in [-0.4, -0.2) is 47.0 Å². The summed E-state index contributed by atoms with van der Waals surface area (Å²) >= 11 is 2.90. The summed E-state index contributed by atoms with van der Waals surface area (Å²) in [5.74, 6) is 0.503. The van der Waals surface area contributed by atoms with Crippen LogP contribution >= 0.6 is 23.1 Å². The normalized spacial score (nSPS) is 11.3. The Bertz CT molecular complexity index is 1730. The number of fused-ring (bicyclic) bond motifs is 1. The fourth-order valence-electron chi connectivity index (χ4n) is 4.52. The minimum atomic E-state index is -0.940. The van der Waals surface area contributed by atoms with Gasteiger partial charge in [-0.05, 0) is 38.4 Å². The molecule has 0 bridgehead atoms. The largest absolute Gasteiger partial charge is 0.477 e. The number of tetrazole rings is 1. The Kier molecular flexibility index (Phi) is 6.48. The van der Waals surface area contributed by atoms with E-state index in [-0.39, 0.29) is 0 Å². The van der Waals surface area contributed by atoms with Crippen molar-refractivity contribution in [2.24, 2.45) is 0 Å². The van der Waals surface area contributed by atoms with Crippen molar-refractivity contribution in [2.45, 2.75) is 18.6 Å². The van der Waals surface area contributed by atoms with Crippen LogP contribution < -0.4 is 0 Å². The molecule has 8 nitrogen and oxygen atoms in total. The summed E-state index contributed by atoms with van der Waals surface area (Å²) in [7, 11) is 0. The highest BCUT2D eigenvalue weighted by Crippen LogP contribution is 2.41. The van der Waals surface area contributed by atoms with Crippen LogP contribution in [0.4, 0.5) is 0 Å². The van der Waals surface area contributed by atoms with Gasteiger partial charge in [0.1, 0.15) is 10.4 Å². The smallest absolute Gasteiger partial charge is 0.348 e. The number of imidazole rings is 1. The molecule has 0 saturated heterocycles. The highest BCUT2D eigenvalue weighted by molar-refractivity contribution is 7.99. The van der Waals surface area contributed by atoms with E-state index in [1.807, 2.05) is 59.2 Å². The van der Waals surface area contributed by atoms with Gasteiger partial charge in [-0.15, -0.1) is 16.4 Å². The van der Waals surface area contributed by atoms with Gasteiger partial charge in [0.15, 0.2) is 11.0 Å². The zero-order valence-electron chi connectivity index (χ0n) is 20.3. The highest BCUT2D eigenvalue weighted by Gasteiger charge is 2.25. The van der Waals surface area contributed by atoms with Crippen LogP contribution in [-0.2, 0) is 6.54 Å². The van der Waals surface area contributed by atoms with E-state index >= 15 is 0 Å². The molecule has 0 aliphatic heterocycles. The number of rotatable bonds is 8. The first-order valence-electron chi connectivity index (χ1n) is 12.0. The molecular weight excluding hydrogens is 516 g/mol. The molecular formula is C28H22N6O2S2. The van der Waals surface area contributed by atoms with Crippen molar-refractivity contribution in [3.63, 3.8) is 0 Å². The second-order valence-corrected chi connectivity index (χ2v) is 10.8. The molecule has 188 valence electrons. The van der Waals surface area contributed by atoms with Crippen LogP contribution in [0.2, 0.25) is 0 Å². The lowest BCUT2D eigenvalue weighted by Gasteiger charge is -2.11. The minimum Gasteiger partial charge on any atom is -0.477 e. The third-order valence-electron chi connectivity index (χ3n) is 6.20. The molecule has 0 unspecified atom stereocenters. The number of nitrogens with one attached hydrogen (secondary N) is 1. The number of benzene rings is 3. The number of thiophene rings is 1. The van der Waals surface area contributed by atoms with E-state index in [1.165, 1.54) is 11.3 Å². The molecule has 0 radical (unpaired) electrons. The first kappa shape index (κ1) is 24.1. The van der Waals surface area contributed by atoms with E-state index in [4.69, 9.17) is 4.98 Å². The number of thioether (sulfide) groups is 1. The van der Waals surface area contributed by atoms with Gasteiger partial charge in [0, 0.05) is 5.56 Å². The molecule has 0 aliphatic carbocycles. The summed E-state index contributed by atoms with van der Waals surface area (Å²) < 4.78 is 2.04. The van der Waals surface area contributed by atoms with Gasteiger partial charge < -0.3 is 9.67 Å². The van der Waals surface area contributed by atoms with Gasteiger partial charge >= 0.3 is 5.97 Å². The molecule has 3 aromatic heterocycles. The predicted molar refractivity (Wildman–Crippen MR) is 151 cm³/mol. The number of H-pyrrole nitrogens is 1. The average Bonchev–Trinajstić information content (AvgIpc) is 3.68. The summed E-state index contributed by atoms with van der Waals surface area (Å²) in [5, 5.41) is 25.2. The quantitative estimate of drug-likeness (QED) is 0.214. The van der Waals surface area contributed by atoms with E-state index in [9.17, 15) is 9.90 Å². The Morgan fingerprint density at radius 1 is 0.974 bits per heavy atom. The van der Waals surface area contributed by atoms with Gasteiger partial charge in [-0.25, -0.2) is 14.9 Å². The van der Waals surface area contributed by atoms with Gasteiger partial charge in [0.2, 0.25) is 0 Å². The molecule has 38 heavy (non-hydrogen) atoms. The molecule has 3 heterocycles. The number of hydrogen-bond donors (Lipinski definition) is 2. The summed E-state index contributed by atoms with van der Waals surface area (Å²) in [4.78, 5) is 18.4. The predicted octanol–water partition coefficient (Wildman–Crippen LogP) is 6.47. The second kappa shape index (κ2) is 10.2. The maximum Gasteiger partial charge on any atom is 0.348 e. The Hall–Kier alpha value is -4.28. The van der Waals surface area contributed by atoms with Crippen LogP contribution in [0, 0.1) is 0 Å². The van der Waals surface area contributed by atoms with Crippen LogP contribution in [0.25, 0.3) is 44.0 Å². The van der Waals surface area contributed by atoms with Crippen molar-refractivity contribution in [1.82, 2.24) is 30.2 Å². The number of hydrogen-bond acceptors (Lipinski definition) is 7. The maximum absolute atomic E-state index is 12.3. The molecule has 10 heteroatoms. The molecule has 0 amide bonds. The molecule has 0 fully saturated rings. The number of aromatic nitrogens is 6. The van der Waals surface area contributed by atoms with Crippen molar-refractivity contribution in [2.75, 3.05) is 5.75 Å². The van der Waals surface area contributed by atoms with E-state index in [1.54, 1.807) is 11.8 Å². The minimum absolute atomic E-state index is 0.306. The first-order valence-corrected chi connectivity index (χ1v) is 13.8. The van der Waals surface area contributed by atoms with Crippen LogP contribution in [0.1, 0.15) is 22.2 Å². The molecule has 0 saturated carbocycles. The number of aromatic carboxylic acids is 1. The third kappa shape index (κ3) is 4.37. The number of aromatic amines is 1. The third-order valence-corrected chi connectivity index (χ3v) is 8.27. The molecule has 6 rings (SSSR count). The monoisotopic (exact) mass is 538 g/mol. The van der Waals surface area contributed by atoms with Crippen molar-refractivity contribution in [3.8, 4) is 33.0 Å². The molecule has 0 atom stereocenters. The van der Waals surface area contributed by atoms with E-state index < -0.39 is 5.97 Å². The lowest BCUT2D eigenvalue weighted by molar-refractivity contribution is 0.0703. The zero-order valence-corrected chi connectivity index (χ0v) is 22.0. The van der Waals surface area contributed by atoms with Crippen LogP contribution in [0.15, 0.2) is 84.0 Å². The van der Waals surface area contributed by atoms with Crippen molar-refractivity contribution >= 4 is 40.1 Å². The number of nitrogens with zero attached hydrogens (tertiary/aromatic N) is 5. The van der Waals surface area contributed by atoms with Crippen molar-refractivity contribution in [1.29, 1.82) is 0 Å². The summed E-state index contributed by atoms with van der Waals surface area (Å²) in [5.41, 5.74) is 6.40. The molecule has 3 aromatic carbocycles.